The number of thiophene rings is 1. The van der Waals surface area contributed by atoms with E-state index in [2.05, 4.69) is 0 Å². The van der Waals surface area contributed by atoms with Gasteiger partial charge in [-0.2, -0.15) is 4.31 Å². The monoisotopic (exact) mass is 288 g/mol. The van der Waals surface area contributed by atoms with Crippen molar-refractivity contribution < 1.29 is 13.2 Å². The summed E-state index contributed by atoms with van der Waals surface area (Å²) >= 11 is 1.26. The van der Waals surface area contributed by atoms with E-state index in [0.29, 0.717) is 17.3 Å². The molecule has 0 unspecified atom stereocenters. The first-order valence-corrected chi connectivity index (χ1v) is 7.89. The first-order valence-electron chi connectivity index (χ1n) is 5.63. The minimum Gasteiger partial charge on any atom is -0.343 e. The van der Waals surface area contributed by atoms with Crippen molar-refractivity contribution in [2.75, 3.05) is 26.7 Å². The van der Waals surface area contributed by atoms with Crippen LogP contribution < -0.4 is 0 Å². The normalized spacial score (nSPS) is 18.4. The molecule has 2 rings (SSSR count). The first kappa shape index (κ1) is 13.5. The van der Waals surface area contributed by atoms with Crippen LogP contribution in [-0.2, 0) is 14.8 Å². The average Bonchev–Trinajstić information content (AvgIpc) is 2.62. The van der Waals surface area contributed by atoms with Crippen LogP contribution in [0.5, 0.6) is 0 Å². The average molecular weight is 288 g/mol. The molecule has 2 heterocycles. The quantitative estimate of drug-likeness (QED) is 0.810. The molecular formula is C11H16N2O3S2. The number of hydrogen-bond donors (Lipinski definition) is 0. The molecule has 5 nitrogen and oxygen atoms in total. The molecule has 1 aliphatic rings. The second-order valence-electron chi connectivity index (χ2n) is 4.48. The number of rotatable bonds is 2. The highest BCUT2D eigenvalue weighted by atomic mass is 32.2. The van der Waals surface area contributed by atoms with E-state index in [9.17, 15) is 13.2 Å². The smallest absolute Gasteiger partial charge is 0.253 e. The third kappa shape index (κ3) is 2.30. The molecule has 1 fully saturated rings. The van der Waals surface area contributed by atoms with Crippen molar-refractivity contribution in [3.05, 3.63) is 16.5 Å². The second-order valence-corrected chi connectivity index (χ2v) is 7.87. The Bertz CT molecular complexity index is 577. The van der Waals surface area contributed by atoms with E-state index in [0.717, 1.165) is 10.4 Å². The van der Waals surface area contributed by atoms with Crippen molar-refractivity contribution in [3.8, 4) is 0 Å². The number of aryl methyl sites for hydroxylation is 2. The molecule has 1 saturated heterocycles. The van der Waals surface area contributed by atoms with Gasteiger partial charge in [-0.25, -0.2) is 8.42 Å². The Morgan fingerprint density at radius 3 is 2.44 bits per heavy atom. The molecule has 0 radical (unpaired) electrons. The zero-order valence-corrected chi connectivity index (χ0v) is 12.3. The molecule has 0 bridgehead atoms. The van der Waals surface area contributed by atoms with Gasteiger partial charge >= 0.3 is 0 Å². The van der Waals surface area contributed by atoms with E-state index in [1.54, 1.807) is 18.9 Å². The molecule has 100 valence electrons. The maximum Gasteiger partial charge on any atom is 0.253 e. The summed E-state index contributed by atoms with van der Waals surface area (Å²) in [6, 6.07) is 1.86. The summed E-state index contributed by atoms with van der Waals surface area (Å²) in [5.41, 5.74) is 0.754. The molecule has 0 aliphatic carbocycles. The van der Waals surface area contributed by atoms with Crippen LogP contribution in [-0.4, -0.2) is 50.2 Å². The summed E-state index contributed by atoms with van der Waals surface area (Å²) in [5, 5.41) is 0. The molecule has 1 aromatic heterocycles. The van der Waals surface area contributed by atoms with E-state index in [1.807, 2.05) is 13.0 Å². The van der Waals surface area contributed by atoms with Gasteiger partial charge in [0.15, 0.2) is 0 Å². The molecule has 0 saturated carbocycles. The summed E-state index contributed by atoms with van der Waals surface area (Å²) in [7, 11) is -1.84. The number of sulfonamides is 1. The van der Waals surface area contributed by atoms with Crippen molar-refractivity contribution >= 4 is 27.3 Å². The van der Waals surface area contributed by atoms with Gasteiger partial charge < -0.3 is 4.90 Å². The Labute approximate surface area is 111 Å². The predicted molar refractivity (Wildman–Crippen MR) is 70.2 cm³/mol. The van der Waals surface area contributed by atoms with Gasteiger partial charge in [-0.05, 0) is 25.5 Å². The Balaban J connectivity index is 2.32. The number of carbonyl (C=O) groups excluding carboxylic acids is 1. The number of amides is 1. The lowest BCUT2D eigenvalue weighted by molar-refractivity contribution is -0.132. The Hall–Kier alpha value is -0.920. The minimum absolute atomic E-state index is 0.0603. The summed E-state index contributed by atoms with van der Waals surface area (Å²) < 4.78 is 26.5. The standard InChI is InChI=1S/C11H16N2O3S2/c1-8-6-9(2)17-11(8)18(15,16)13-5-4-12(3)10(14)7-13/h6H,4-5,7H2,1-3H3. The Kier molecular flexibility index (Phi) is 3.48. The molecule has 1 aromatic rings. The largest absolute Gasteiger partial charge is 0.343 e. The van der Waals surface area contributed by atoms with E-state index in [1.165, 1.54) is 15.6 Å². The second kappa shape index (κ2) is 4.64. The highest BCUT2D eigenvalue weighted by Crippen LogP contribution is 2.29. The maximum absolute atomic E-state index is 12.4. The molecule has 7 heteroatoms. The van der Waals surface area contributed by atoms with Crippen LogP contribution in [0, 0.1) is 13.8 Å². The highest BCUT2D eigenvalue weighted by molar-refractivity contribution is 7.91. The maximum atomic E-state index is 12.4. The minimum atomic E-state index is -3.52. The number of nitrogens with zero attached hydrogens (tertiary/aromatic N) is 2. The SMILES string of the molecule is Cc1cc(C)c(S(=O)(=O)N2CCN(C)C(=O)C2)s1. The van der Waals surface area contributed by atoms with E-state index in [4.69, 9.17) is 0 Å². The molecule has 0 aromatic carbocycles. The summed E-state index contributed by atoms with van der Waals surface area (Å²) in [4.78, 5) is 14.1. The van der Waals surface area contributed by atoms with Crippen LogP contribution in [0.4, 0.5) is 0 Å². The third-order valence-electron chi connectivity index (χ3n) is 2.99. The Morgan fingerprint density at radius 1 is 1.28 bits per heavy atom. The van der Waals surface area contributed by atoms with Crippen LogP contribution in [0.15, 0.2) is 10.3 Å². The molecule has 0 spiro atoms. The lowest BCUT2D eigenvalue weighted by Crippen LogP contribution is -2.50. The van der Waals surface area contributed by atoms with Crippen LogP contribution in [0.25, 0.3) is 0 Å². The number of likely N-dealkylation sites (N-methyl/N-ethyl adjacent to an activating group) is 1. The number of hydrogen-bond acceptors (Lipinski definition) is 4. The highest BCUT2D eigenvalue weighted by Gasteiger charge is 2.33. The van der Waals surface area contributed by atoms with Crippen molar-refractivity contribution in [2.45, 2.75) is 18.1 Å². The fraction of sp³-hybridized carbons (Fsp3) is 0.545. The predicted octanol–water partition coefficient (Wildman–Crippen LogP) is 0.828. The molecule has 1 amide bonds. The molecular weight excluding hydrogens is 272 g/mol. The van der Waals surface area contributed by atoms with Gasteiger partial charge in [0, 0.05) is 25.0 Å². The molecule has 0 N–H and O–H groups in total. The third-order valence-corrected chi connectivity index (χ3v) is 6.60. The van der Waals surface area contributed by atoms with E-state index in [-0.39, 0.29) is 12.5 Å². The van der Waals surface area contributed by atoms with Gasteiger partial charge in [-0.1, -0.05) is 0 Å². The van der Waals surface area contributed by atoms with Gasteiger partial charge in [-0.3, -0.25) is 4.79 Å². The summed E-state index contributed by atoms with van der Waals surface area (Å²) in [5.74, 6) is -0.157. The van der Waals surface area contributed by atoms with Crippen molar-refractivity contribution in [1.29, 1.82) is 0 Å². The van der Waals surface area contributed by atoms with Gasteiger partial charge in [-0.15, -0.1) is 11.3 Å². The zero-order valence-electron chi connectivity index (χ0n) is 10.6. The van der Waals surface area contributed by atoms with Crippen molar-refractivity contribution in [3.63, 3.8) is 0 Å². The number of piperazine rings is 1. The molecule has 1 aliphatic heterocycles. The molecule has 0 atom stereocenters. The van der Waals surface area contributed by atoms with Gasteiger partial charge in [0.05, 0.1) is 6.54 Å². The zero-order chi connectivity index (χ0) is 13.5. The van der Waals surface area contributed by atoms with Crippen molar-refractivity contribution in [1.82, 2.24) is 9.21 Å². The lowest BCUT2D eigenvalue weighted by atomic mass is 10.4. The summed E-state index contributed by atoms with van der Waals surface area (Å²) in [6.07, 6.45) is 0. The lowest BCUT2D eigenvalue weighted by Gasteiger charge is -2.30. The topological polar surface area (TPSA) is 57.7 Å². The van der Waals surface area contributed by atoms with Gasteiger partial charge in [0.1, 0.15) is 4.21 Å². The van der Waals surface area contributed by atoms with Crippen molar-refractivity contribution in [2.24, 2.45) is 0 Å². The fourth-order valence-corrected chi connectivity index (χ4v) is 5.12. The first-order chi connectivity index (χ1) is 8.32. The fourth-order valence-electron chi connectivity index (χ4n) is 1.94. The van der Waals surface area contributed by atoms with Crippen LogP contribution in [0.1, 0.15) is 10.4 Å². The number of carbonyl (C=O) groups is 1. The Morgan fingerprint density at radius 2 is 1.94 bits per heavy atom. The van der Waals surface area contributed by atoms with Crippen LogP contribution >= 0.6 is 11.3 Å². The van der Waals surface area contributed by atoms with Gasteiger partial charge in [0.2, 0.25) is 5.91 Å². The van der Waals surface area contributed by atoms with Crippen LogP contribution in [0.3, 0.4) is 0 Å². The van der Waals surface area contributed by atoms with E-state index >= 15 is 0 Å². The molecule has 18 heavy (non-hydrogen) atoms. The van der Waals surface area contributed by atoms with E-state index < -0.39 is 10.0 Å². The van der Waals surface area contributed by atoms with Crippen LogP contribution in [0.2, 0.25) is 0 Å². The van der Waals surface area contributed by atoms with Gasteiger partial charge in [0.25, 0.3) is 10.0 Å². The summed E-state index contributed by atoms with van der Waals surface area (Å²) in [6.45, 7) is 4.41.